The SMILES string of the molecule is Cc1cccc2c3c(oc12)CCCC3.O=CNC1CCC(=O)NC1=O. The van der Waals surface area contributed by atoms with Crippen molar-refractivity contribution in [3.05, 3.63) is 35.1 Å². The summed E-state index contributed by atoms with van der Waals surface area (Å²) in [7, 11) is 0. The van der Waals surface area contributed by atoms with Crippen molar-refractivity contribution in [2.24, 2.45) is 0 Å². The molecule has 2 heterocycles. The van der Waals surface area contributed by atoms with E-state index in [0.29, 0.717) is 12.8 Å². The molecule has 6 heteroatoms. The van der Waals surface area contributed by atoms with Crippen molar-refractivity contribution in [2.45, 2.75) is 51.5 Å². The summed E-state index contributed by atoms with van der Waals surface area (Å²) in [6, 6.07) is 5.90. The number of rotatable bonds is 2. The van der Waals surface area contributed by atoms with Crippen molar-refractivity contribution in [1.29, 1.82) is 0 Å². The Hall–Kier alpha value is -2.63. The van der Waals surface area contributed by atoms with Crippen LogP contribution in [0.1, 0.15) is 42.6 Å². The molecule has 0 saturated carbocycles. The summed E-state index contributed by atoms with van der Waals surface area (Å²) in [5.74, 6) is 0.535. The second-order valence-electron chi connectivity index (χ2n) is 6.45. The van der Waals surface area contributed by atoms with Crippen LogP contribution >= 0.6 is 0 Å². The van der Waals surface area contributed by atoms with E-state index in [-0.39, 0.29) is 12.3 Å². The van der Waals surface area contributed by atoms with E-state index in [2.05, 4.69) is 35.8 Å². The summed E-state index contributed by atoms with van der Waals surface area (Å²) >= 11 is 0. The first-order valence-corrected chi connectivity index (χ1v) is 8.63. The number of piperidine rings is 1. The molecule has 1 fully saturated rings. The first-order chi connectivity index (χ1) is 12.1. The van der Waals surface area contributed by atoms with Gasteiger partial charge in [-0.3, -0.25) is 19.7 Å². The number of carbonyl (C=O) groups excluding carboxylic acids is 3. The summed E-state index contributed by atoms with van der Waals surface area (Å²) in [4.78, 5) is 31.3. The number of furan rings is 1. The lowest BCUT2D eigenvalue weighted by molar-refractivity contribution is -0.135. The first-order valence-electron chi connectivity index (χ1n) is 8.63. The van der Waals surface area contributed by atoms with E-state index in [9.17, 15) is 14.4 Å². The predicted molar refractivity (Wildman–Crippen MR) is 93.0 cm³/mol. The fourth-order valence-corrected chi connectivity index (χ4v) is 3.36. The van der Waals surface area contributed by atoms with Gasteiger partial charge >= 0.3 is 0 Å². The van der Waals surface area contributed by atoms with Crippen LogP contribution < -0.4 is 10.6 Å². The van der Waals surface area contributed by atoms with E-state index in [1.807, 2.05) is 0 Å². The number of hydrogen-bond acceptors (Lipinski definition) is 4. The lowest BCUT2D eigenvalue weighted by Crippen LogP contribution is -2.50. The fourth-order valence-electron chi connectivity index (χ4n) is 3.36. The molecule has 1 aliphatic heterocycles. The molecular weight excluding hydrogens is 320 g/mol. The largest absolute Gasteiger partial charge is 0.461 e. The molecule has 25 heavy (non-hydrogen) atoms. The van der Waals surface area contributed by atoms with Gasteiger partial charge in [0.25, 0.3) is 0 Å². The number of imide groups is 1. The molecule has 1 aromatic heterocycles. The van der Waals surface area contributed by atoms with Gasteiger partial charge in [0.05, 0.1) is 0 Å². The molecule has 2 N–H and O–H groups in total. The van der Waals surface area contributed by atoms with E-state index >= 15 is 0 Å². The predicted octanol–water partition coefficient (Wildman–Crippen LogP) is 2.16. The zero-order chi connectivity index (χ0) is 17.8. The Morgan fingerprint density at radius 2 is 2.00 bits per heavy atom. The number of para-hydroxylation sites is 1. The van der Waals surface area contributed by atoms with Gasteiger partial charge in [0.2, 0.25) is 18.2 Å². The van der Waals surface area contributed by atoms with E-state index < -0.39 is 11.9 Å². The van der Waals surface area contributed by atoms with Gasteiger partial charge in [-0.05, 0) is 38.2 Å². The van der Waals surface area contributed by atoms with Crippen LogP contribution in [0.25, 0.3) is 11.0 Å². The highest BCUT2D eigenvalue weighted by Gasteiger charge is 2.25. The molecule has 2 aliphatic rings. The zero-order valence-corrected chi connectivity index (χ0v) is 14.3. The van der Waals surface area contributed by atoms with Crippen LogP contribution in [0.5, 0.6) is 0 Å². The molecule has 0 bridgehead atoms. The van der Waals surface area contributed by atoms with Gasteiger partial charge in [-0.1, -0.05) is 18.2 Å². The normalized spacial score (nSPS) is 19.5. The number of aryl methyl sites for hydroxylation is 3. The van der Waals surface area contributed by atoms with Crippen molar-refractivity contribution in [1.82, 2.24) is 10.6 Å². The minimum atomic E-state index is -0.537. The van der Waals surface area contributed by atoms with Crippen LogP contribution in [0.15, 0.2) is 22.6 Å². The molecule has 132 valence electrons. The second-order valence-corrected chi connectivity index (χ2v) is 6.45. The Labute approximate surface area is 146 Å². The van der Waals surface area contributed by atoms with Gasteiger partial charge in [-0.25, -0.2) is 0 Å². The summed E-state index contributed by atoms with van der Waals surface area (Å²) < 4.78 is 5.92. The Morgan fingerprint density at radius 1 is 1.20 bits per heavy atom. The van der Waals surface area contributed by atoms with Gasteiger partial charge < -0.3 is 9.73 Å². The lowest BCUT2D eigenvalue weighted by atomic mass is 9.95. The molecule has 1 aromatic carbocycles. The van der Waals surface area contributed by atoms with Crippen molar-refractivity contribution in [3.8, 4) is 0 Å². The molecule has 1 atom stereocenters. The number of fused-ring (bicyclic) bond motifs is 3. The summed E-state index contributed by atoms with van der Waals surface area (Å²) in [5, 5.41) is 5.77. The van der Waals surface area contributed by atoms with Gasteiger partial charge in [0, 0.05) is 23.8 Å². The van der Waals surface area contributed by atoms with Gasteiger partial charge in [-0.15, -0.1) is 0 Å². The van der Waals surface area contributed by atoms with Crippen molar-refractivity contribution < 1.29 is 18.8 Å². The molecule has 1 aliphatic carbocycles. The van der Waals surface area contributed by atoms with Crippen molar-refractivity contribution in [2.75, 3.05) is 0 Å². The Balaban J connectivity index is 0.000000151. The maximum Gasteiger partial charge on any atom is 0.249 e. The van der Waals surface area contributed by atoms with Crippen LogP contribution in [-0.4, -0.2) is 24.3 Å². The van der Waals surface area contributed by atoms with Crippen LogP contribution in [0.4, 0.5) is 0 Å². The number of hydrogen-bond donors (Lipinski definition) is 2. The first kappa shape index (κ1) is 17.2. The summed E-state index contributed by atoms with van der Waals surface area (Å²) in [5.41, 5.74) is 3.84. The quantitative estimate of drug-likeness (QED) is 0.646. The monoisotopic (exact) mass is 342 g/mol. The molecule has 0 spiro atoms. The Bertz CT molecular complexity index is 809. The molecule has 1 saturated heterocycles. The molecule has 4 rings (SSSR count). The standard InChI is InChI=1S/C13H14O.C6H8N2O3/c1-9-5-4-7-11-10-6-2-3-8-12(10)14-13(9)11;9-3-7-4-1-2-5(10)8-6(4)11/h4-5,7H,2-3,6,8H2,1H3;3-4H,1-2H2,(H,7,9)(H,8,10,11). The lowest BCUT2D eigenvalue weighted by Gasteiger charge is -2.19. The van der Waals surface area contributed by atoms with Crippen LogP contribution in [0, 0.1) is 6.92 Å². The number of nitrogens with one attached hydrogen (secondary N) is 2. The molecule has 2 aromatic rings. The third kappa shape index (κ3) is 3.73. The fraction of sp³-hybridized carbons (Fsp3) is 0.421. The highest BCUT2D eigenvalue weighted by molar-refractivity contribution is 6.00. The average Bonchev–Trinajstić information content (AvgIpc) is 2.99. The molecule has 1 unspecified atom stereocenters. The summed E-state index contributed by atoms with van der Waals surface area (Å²) in [6.07, 6.45) is 6.07. The summed E-state index contributed by atoms with van der Waals surface area (Å²) in [6.45, 7) is 2.12. The number of benzene rings is 1. The van der Waals surface area contributed by atoms with Crippen molar-refractivity contribution >= 4 is 29.2 Å². The molecule has 6 nitrogen and oxygen atoms in total. The van der Waals surface area contributed by atoms with Gasteiger partial charge in [0.1, 0.15) is 17.4 Å². The molecule has 0 radical (unpaired) electrons. The number of carbonyl (C=O) groups is 3. The molecular formula is C19H22N2O4. The zero-order valence-electron chi connectivity index (χ0n) is 14.3. The molecule has 3 amide bonds. The van der Waals surface area contributed by atoms with Crippen molar-refractivity contribution in [3.63, 3.8) is 0 Å². The highest BCUT2D eigenvalue weighted by atomic mass is 16.3. The Kier molecular flexibility index (Phi) is 5.16. The highest BCUT2D eigenvalue weighted by Crippen LogP contribution is 2.33. The van der Waals surface area contributed by atoms with Crippen LogP contribution in [0.3, 0.4) is 0 Å². The topological polar surface area (TPSA) is 88.4 Å². The van der Waals surface area contributed by atoms with Crippen LogP contribution in [0.2, 0.25) is 0 Å². The maximum absolute atomic E-state index is 10.8. The smallest absolute Gasteiger partial charge is 0.249 e. The van der Waals surface area contributed by atoms with Crippen LogP contribution in [-0.2, 0) is 27.2 Å². The Morgan fingerprint density at radius 3 is 2.76 bits per heavy atom. The van der Waals surface area contributed by atoms with E-state index in [1.54, 1.807) is 0 Å². The van der Waals surface area contributed by atoms with E-state index in [4.69, 9.17) is 4.42 Å². The van der Waals surface area contributed by atoms with E-state index in [0.717, 1.165) is 12.0 Å². The third-order valence-corrected chi connectivity index (χ3v) is 4.69. The average molecular weight is 342 g/mol. The van der Waals surface area contributed by atoms with Gasteiger partial charge in [-0.2, -0.15) is 0 Å². The number of amides is 3. The maximum atomic E-state index is 10.8. The van der Waals surface area contributed by atoms with E-state index in [1.165, 1.54) is 41.5 Å². The minimum Gasteiger partial charge on any atom is -0.461 e. The van der Waals surface area contributed by atoms with Gasteiger partial charge in [0.15, 0.2) is 0 Å². The second kappa shape index (κ2) is 7.51. The minimum absolute atomic E-state index is 0.279. The third-order valence-electron chi connectivity index (χ3n) is 4.69.